The Kier molecular flexibility index (Phi) is 3.90. The molecule has 0 fully saturated rings. The van der Waals surface area contributed by atoms with Crippen molar-refractivity contribution in [1.82, 2.24) is 0 Å². The van der Waals surface area contributed by atoms with Crippen molar-refractivity contribution in [3.63, 3.8) is 0 Å². The first-order chi connectivity index (χ1) is 12.0. The lowest BCUT2D eigenvalue weighted by atomic mass is 9.94. The van der Waals surface area contributed by atoms with Crippen molar-refractivity contribution in [2.75, 3.05) is 0 Å². The van der Waals surface area contributed by atoms with Gasteiger partial charge in [-0.1, -0.05) is 72.3 Å². The molecule has 0 atom stereocenters. The Morgan fingerprint density at radius 3 is 1.80 bits per heavy atom. The molecule has 0 heterocycles. The largest absolute Gasteiger partial charge is 0.356 e. The molecule has 2 N–H and O–H groups in total. The second-order valence-corrected chi connectivity index (χ2v) is 7.85. The fourth-order valence-corrected chi connectivity index (χ4v) is 4.32. The summed E-state index contributed by atoms with van der Waals surface area (Å²) in [5.74, 6) is 0. The molecule has 4 aromatic carbocycles. The molecule has 0 amide bonds. The normalized spacial score (nSPS) is 12.0. The van der Waals surface area contributed by atoms with E-state index in [9.17, 15) is 14.4 Å². The summed E-state index contributed by atoms with van der Waals surface area (Å²) in [5.41, 5.74) is 1.14. The molecule has 0 aliphatic carbocycles. The molecule has 3 nitrogen and oxygen atoms in total. The smallest absolute Gasteiger partial charge is 0.321 e. The van der Waals surface area contributed by atoms with Gasteiger partial charge in [0, 0.05) is 16.1 Å². The van der Waals surface area contributed by atoms with E-state index in [0.29, 0.717) is 16.1 Å². The minimum absolute atomic E-state index is 0.00977. The van der Waals surface area contributed by atoms with Crippen LogP contribution in [-0.4, -0.2) is 9.79 Å². The number of hydrogen-bond acceptors (Lipinski definition) is 1. The molecule has 0 unspecified atom stereocenters. The van der Waals surface area contributed by atoms with Gasteiger partial charge in [-0.2, -0.15) is 0 Å². The number of hydrogen-bond donors (Lipinski definition) is 2. The van der Waals surface area contributed by atoms with Crippen LogP contribution in [0.15, 0.2) is 72.8 Å². The average molecular weight is 369 g/mol. The van der Waals surface area contributed by atoms with Crippen molar-refractivity contribution in [1.29, 1.82) is 0 Å². The van der Waals surface area contributed by atoms with E-state index in [0.717, 1.165) is 21.5 Å². The molecule has 4 rings (SSSR count). The monoisotopic (exact) mass is 368 g/mol. The summed E-state index contributed by atoms with van der Waals surface area (Å²) in [6.45, 7) is 0. The minimum Gasteiger partial charge on any atom is -0.321 e. The van der Waals surface area contributed by atoms with Crippen LogP contribution in [0.25, 0.3) is 32.7 Å². The van der Waals surface area contributed by atoms with Crippen molar-refractivity contribution in [2.45, 2.75) is 0 Å². The Labute approximate surface area is 149 Å². The molecule has 0 aliphatic rings. The van der Waals surface area contributed by atoms with Crippen molar-refractivity contribution >= 4 is 46.0 Å². The molecule has 0 spiro atoms. The van der Waals surface area contributed by atoms with E-state index in [-0.39, 0.29) is 5.30 Å². The van der Waals surface area contributed by atoms with Crippen LogP contribution < -0.4 is 5.30 Å². The van der Waals surface area contributed by atoms with E-state index < -0.39 is 7.60 Å². The maximum atomic E-state index is 12.2. The van der Waals surface area contributed by atoms with Gasteiger partial charge in [0.2, 0.25) is 0 Å². The minimum atomic E-state index is -4.48. The molecule has 124 valence electrons. The van der Waals surface area contributed by atoms with Gasteiger partial charge in [0.1, 0.15) is 0 Å². The second-order valence-electron chi connectivity index (χ2n) is 5.87. The van der Waals surface area contributed by atoms with Crippen LogP contribution in [0.4, 0.5) is 0 Å². The highest BCUT2D eigenvalue weighted by atomic mass is 35.5. The summed E-state index contributed by atoms with van der Waals surface area (Å²) in [4.78, 5) is 19.8. The van der Waals surface area contributed by atoms with E-state index in [2.05, 4.69) is 0 Å². The van der Waals surface area contributed by atoms with Crippen LogP contribution in [0.2, 0.25) is 5.02 Å². The highest BCUT2D eigenvalue weighted by molar-refractivity contribution is 7.60. The van der Waals surface area contributed by atoms with E-state index in [4.69, 9.17) is 11.6 Å². The summed E-state index contributed by atoms with van der Waals surface area (Å²) < 4.78 is 12.2. The van der Waals surface area contributed by atoms with Gasteiger partial charge in [-0.05, 0) is 33.7 Å². The van der Waals surface area contributed by atoms with Crippen molar-refractivity contribution in [2.24, 2.45) is 0 Å². The predicted octanol–water partition coefficient (Wildman–Crippen LogP) is 5.12. The maximum absolute atomic E-state index is 12.2. The van der Waals surface area contributed by atoms with Crippen LogP contribution in [-0.2, 0) is 4.57 Å². The van der Waals surface area contributed by atoms with Gasteiger partial charge in [-0.15, -0.1) is 0 Å². The van der Waals surface area contributed by atoms with Crippen LogP contribution >= 0.6 is 19.2 Å². The number of rotatable bonds is 2. The average Bonchev–Trinajstić information content (AvgIpc) is 2.60. The first kappa shape index (κ1) is 16.3. The van der Waals surface area contributed by atoms with Gasteiger partial charge in [0.25, 0.3) is 0 Å². The Morgan fingerprint density at radius 1 is 0.680 bits per heavy atom. The van der Waals surface area contributed by atoms with Gasteiger partial charge >= 0.3 is 7.60 Å². The zero-order valence-electron chi connectivity index (χ0n) is 13.1. The lowest BCUT2D eigenvalue weighted by Crippen LogP contribution is -2.09. The van der Waals surface area contributed by atoms with Gasteiger partial charge in [0.05, 0.1) is 5.30 Å². The highest BCUT2D eigenvalue weighted by Gasteiger charge is 2.26. The third-order valence-electron chi connectivity index (χ3n) is 4.35. The first-order valence-electron chi connectivity index (χ1n) is 7.72. The van der Waals surface area contributed by atoms with E-state index in [1.165, 1.54) is 6.07 Å². The summed E-state index contributed by atoms with van der Waals surface area (Å²) in [6.07, 6.45) is 0. The van der Waals surface area contributed by atoms with Crippen molar-refractivity contribution in [3.8, 4) is 11.1 Å². The molecule has 0 saturated carbocycles. The SMILES string of the molecule is O=P(O)(O)c1ccc2ccccc2c1-c1c(Cl)ccc2ccccc12. The molecule has 4 aromatic rings. The van der Waals surface area contributed by atoms with Gasteiger partial charge < -0.3 is 9.79 Å². The molecule has 0 radical (unpaired) electrons. The third kappa shape index (κ3) is 2.76. The van der Waals surface area contributed by atoms with Crippen LogP contribution in [0.5, 0.6) is 0 Å². The summed E-state index contributed by atoms with van der Waals surface area (Å²) in [7, 11) is -4.48. The molecule has 5 heteroatoms. The Hall–Kier alpha value is -2.16. The Balaban J connectivity index is 2.25. The summed E-state index contributed by atoms with van der Waals surface area (Å²) in [6, 6.07) is 22.1. The molecule has 0 bridgehead atoms. The maximum Gasteiger partial charge on any atom is 0.356 e. The topological polar surface area (TPSA) is 57.5 Å². The van der Waals surface area contributed by atoms with Crippen molar-refractivity contribution in [3.05, 3.63) is 77.8 Å². The molecule has 0 aromatic heterocycles. The molecular weight excluding hydrogens is 355 g/mol. The number of benzene rings is 4. The summed E-state index contributed by atoms with van der Waals surface area (Å²) in [5, 5.41) is 3.95. The lowest BCUT2D eigenvalue weighted by Gasteiger charge is -2.17. The summed E-state index contributed by atoms with van der Waals surface area (Å²) >= 11 is 6.51. The first-order valence-corrected chi connectivity index (χ1v) is 9.71. The van der Waals surface area contributed by atoms with Gasteiger partial charge in [0.15, 0.2) is 0 Å². The van der Waals surface area contributed by atoms with Crippen LogP contribution in [0.3, 0.4) is 0 Å². The van der Waals surface area contributed by atoms with Crippen LogP contribution in [0.1, 0.15) is 0 Å². The fourth-order valence-electron chi connectivity index (χ4n) is 3.26. The quantitative estimate of drug-likeness (QED) is 0.483. The lowest BCUT2D eigenvalue weighted by molar-refractivity contribution is 0.387. The highest BCUT2D eigenvalue weighted by Crippen LogP contribution is 2.44. The zero-order valence-corrected chi connectivity index (χ0v) is 14.7. The second kappa shape index (κ2) is 5.98. The Bertz CT molecular complexity index is 1160. The number of fused-ring (bicyclic) bond motifs is 2. The van der Waals surface area contributed by atoms with E-state index >= 15 is 0 Å². The molecule has 0 aliphatic heterocycles. The zero-order chi connectivity index (χ0) is 17.6. The fraction of sp³-hybridized carbons (Fsp3) is 0. The standard InChI is InChI=1S/C20H14ClO3P/c21-17-11-9-13-5-1-3-7-15(13)19(17)20-16-8-4-2-6-14(16)10-12-18(20)25(22,23)24/h1-12H,(H2,22,23,24). The van der Waals surface area contributed by atoms with Gasteiger partial charge in [-0.3, -0.25) is 4.57 Å². The Morgan fingerprint density at radius 2 is 1.20 bits per heavy atom. The van der Waals surface area contributed by atoms with Crippen molar-refractivity contribution < 1.29 is 14.4 Å². The molecule has 0 saturated heterocycles. The predicted molar refractivity (Wildman–Crippen MR) is 104 cm³/mol. The van der Waals surface area contributed by atoms with E-state index in [1.807, 2.05) is 54.6 Å². The number of halogens is 1. The van der Waals surface area contributed by atoms with E-state index in [1.54, 1.807) is 12.1 Å². The van der Waals surface area contributed by atoms with Crippen LogP contribution in [0, 0.1) is 0 Å². The third-order valence-corrected chi connectivity index (χ3v) is 5.66. The van der Waals surface area contributed by atoms with Gasteiger partial charge in [-0.25, -0.2) is 0 Å². The molecular formula is C20H14ClO3P. The molecule has 25 heavy (non-hydrogen) atoms.